The molecule has 39 heavy (non-hydrogen) atoms. The van der Waals surface area contributed by atoms with Crippen LogP contribution in [0, 0.1) is 10.8 Å². The summed E-state index contributed by atoms with van der Waals surface area (Å²) in [5.74, 6) is -1.86. The molecule has 9 nitrogen and oxygen atoms in total. The van der Waals surface area contributed by atoms with Crippen LogP contribution >= 0.6 is 0 Å². The van der Waals surface area contributed by atoms with Gasteiger partial charge in [0.2, 0.25) is 0 Å². The Morgan fingerprint density at radius 3 is 1.90 bits per heavy atom. The minimum atomic E-state index is -1.54. The lowest BCUT2D eigenvalue weighted by Crippen LogP contribution is -2.53. The van der Waals surface area contributed by atoms with Crippen molar-refractivity contribution in [2.45, 2.75) is 112 Å². The number of hydrogen-bond donors (Lipinski definition) is 1. The van der Waals surface area contributed by atoms with Crippen molar-refractivity contribution in [2.75, 3.05) is 7.11 Å². The van der Waals surface area contributed by atoms with E-state index in [0.717, 1.165) is 6.42 Å². The van der Waals surface area contributed by atoms with Crippen LogP contribution in [0.25, 0.3) is 0 Å². The van der Waals surface area contributed by atoms with Gasteiger partial charge in [-0.05, 0) is 71.6 Å². The molecule has 0 radical (unpaired) electrons. The molecule has 0 amide bonds. The van der Waals surface area contributed by atoms with E-state index < -0.39 is 40.4 Å². The minimum Gasteiger partial charge on any atom is -0.468 e. The maximum Gasteiger partial charge on any atom is 0.326 e. The molecule has 0 heterocycles. The predicted molar refractivity (Wildman–Crippen MR) is 148 cm³/mol. The molecule has 1 unspecified atom stereocenters. The summed E-state index contributed by atoms with van der Waals surface area (Å²) in [6, 6.07) is 4.70. The van der Waals surface area contributed by atoms with E-state index in [9.17, 15) is 19.2 Å². The molecule has 0 bridgehead atoms. The summed E-state index contributed by atoms with van der Waals surface area (Å²) < 4.78 is 21.8. The Balaban J connectivity index is 3.36. The zero-order valence-corrected chi connectivity index (χ0v) is 25.1. The first kappa shape index (κ1) is 34.1. The average molecular weight is 550 g/mol. The topological polar surface area (TPSA) is 131 Å². The third-order valence-electron chi connectivity index (χ3n) is 7.12. The van der Waals surface area contributed by atoms with E-state index in [1.165, 1.54) is 19.2 Å². The monoisotopic (exact) mass is 549 g/mol. The van der Waals surface area contributed by atoms with Gasteiger partial charge in [-0.3, -0.25) is 19.2 Å². The Hall–Kier alpha value is -2.94. The van der Waals surface area contributed by atoms with Gasteiger partial charge in [-0.2, -0.15) is 0 Å². The van der Waals surface area contributed by atoms with Crippen molar-refractivity contribution in [3.63, 3.8) is 0 Å². The van der Waals surface area contributed by atoms with Crippen molar-refractivity contribution >= 4 is 23.9 Å². The van der Waals surface area contributed by atoms with Gasteiger partial charge in [0, 0.05) is 19.3 Å². The first-order chi connectivity index (χ1) is 18.0. The highest BCUT2D eigenvalue weighted by atomic mass is 16.6. The number of hydrogen-bond acceptors (Lipinski definition) is 9. The molecule has 0 spiro atoms. The van der Waals surface area contributed by atoms with E-state index in [0.29, 0.717) is 24.8 Å². The average Bonchev–Trinajstić information content (AvgIpc) is 2.87. The highest BCUT2D eigenvalue weighted by Gasteiger charge is 2.39. The lowest BCUT2D eigenvalue weighted by Gasteiger charge is -2.30. The SMILES string of the molecule is CCCCC(=O)O[C@@H](C)CC(N)(Cc1ccc(OC(=O)C(C)(C)CC)c(OC(=O)C(C)(C)CC)c1)C(=O)OC. The number of carbonyl (C=O) groups excluding carboxylic acids is 4. The molecule has 0 aliphatic heterocycles. The van der Waals surface area contributed by atoms with Crippen LogP contribution in [0.5, 0.6) is 11.5 Å². The lowest BCUT2D eigenvalue weighted by molar-refractivity contribution is -0.155. The first-order valence-electron chi connectivity index (χ1n) is 13.7. The Labute approximate surface area is 233 Å². The van der Waals surface area contributed by atoms with Crippen LogP contribution in [0.1, 0.15) is 99.5 Å². The second-order valence-corrected chi connectivity index (χ2v) is 11.5. The highest BCUT2D eigenvalue weighted by Crippen LogP contribution is 2.35. The second-order valence-electron chi connectivity index (χ2n) is 11.5. The first-order valence-corrected chi connectivity index (χ1v) is 13.7. The number of esters is 4. The Morgan fingerprint density at radius 1 is 0.872 bits per heavy atom. The van der Waals surface area contributed by atoms with Crippen LogP contribution in [-0.4, -0.2) is 42.6 Å². The third kappa shape index (κ3) is 9.95. The minimum absolute atomic E-state index is 0.00702. The summed E-state index contributed by atoms with van der Waals surface area (Å²) in [5, 5.41) is 0. The smallest absolute Gasteiger partial charge is 0.326 e. The Bertz CT molecular complexity index is 1020. The van der Waals surface area contributed by atoms with Crippen LogP contribution in [0.4, 0.5) is 0 Å². The summed E-state index contributed by atoms with van der Waals surface area (Å²) in [6.07, 6.45) is 2.30. The molecule has 1 aromatic rings. The molecule has 1 rings (SSSR count). The van der Waals surface area contributed by atoms with Gasteiger partial charge in [0.1, 0.15) is 11.6 Å². The number of unbranched alkanes of at least 4 members (excludes halogenated alkanes) is 1. The summed E-state index contributed by atoms with van der Waals surface area (Å²) in [4.78, 5) is 50.6. The third-order valence-corrected chi connectivity index (χ3v) is 7.12. The standard InChI is InChI=1S/C30H47NO8/c1-10-13-14-24(32)37-20(4)18-30(31,27(35)36-9)19-21-15-16-22(38-25(33)28(5,6)11-2)23(17-21)39-26(34)29(7,8)12-3/h15-17,20H,10-14,18-19,31H2,1-9H3/t20-,30?/m0/s1. The number of rotatable bonds is 15. The predicted octanol–water partition coefficient (Wildman–Crippen LogP) is 5.29. The summed E-state index contributed by atoms with van der Waals surface area (Å²) in [5.41, 5.74) is 4.02. The maximum absolute atomic E-state index is 12.9. The highest BCUT2D eigenvalue weighted by molar-refractivity contribution is 5.82. The molecule has 9 heteroatoms. The number of benzene rings is 1. The molecule has 0 aliphatic carbocycles. The van der Waals surface area contributed by atoms with E-state index in [1.807, 2.05) is 20.8 Å². The summed E-state index contributed by atoms with van der Waals surface area (Å²) >= 11 is 0. The quantitative estimate of drug-likeness (QED) is 0.229. The summed E-state index contributed by atoms with van der Waals surface area (Å²) in [7, 11) is 1.24. The second kappa shape index (κ2) is 14.4. The van der Waals surface area contributed by atoms with E-state index in [-0.39, 0.29) is 36.7 Å². The van der Waals surface area contributed by atoms with E-state index in [1.54, 1.807) is 40.7 Å². The van der Waals surface area contributed by atoms with Crippen LogP contribution in [0.3, 0.4) is 0 Å². The number of nitrogens with two attached hydrogens (primary N) is 1. The van der Waals surface area contributed by atoms with E-state index in [4.69, 9.17) is 24.7 Å². The van der Waals surface area contributed by atoms with E-state index in [2.05, 4.69) is 0 Å². The zero-order valence-electron chi connectivity index (χ0n) is 25.1. The maximum atomic E-state index is 12.9. The molecule has 0 aromatic heterocycles. The largest absolute Gasteiger partial charge is 0.468 e. The van der Waals surface area contributed by atoms with Crippen molar-refractivity contribution in [3.8, 4) is 11.5 Å². The van der Waals surface area contributed by atoms with Crippen molar-refractivity contribution in [3.05, 3.63) is 23.8 Å². The zero-order chi connectivity index (χ0) is 30.0. The molecule has 2 atom stereocenters. The van der Waals surface area contributed by atoms with Crippen LogP contribution in [0.15, 0.2) is 18.2 Å². The van der Waals surface area contributed by atoms with Gasteiger partial charge < -0.3 is 24.7 Å². The van der Waals surface area contributed by atoms with E-state index >= 15 is 0 Å². The Morgan fingerprint density at radius 2 is 1.41 bits per heavy atom. The van der Waals surface area contributed by atoms with Gasteiger partial charge in [-0.1, -0.05) is 33.3 Å². The molecular weight excluding hydrogens is 502 g/mol. The lowest BCUT2D eigenvalue weighted by atomic mass is 9.86. The van der Waals surface area contributed by atoms with Gasteiger partial charge in [0.15, 0.2) is 11.5 Å². The van der Waals surface area contributed by atoms with Crippen molar-refractivity contribution < 1.29 is 38.1 Å². The normalized spacial score (nSPS) is 14.1. The molecular formula is C30H47NO8. The number of ether oxygens (including phenoxy) is 4. The van der Waals surface area contributed by atoms with Crippen molar-refractivity contribution in [1.82, 2.24) is 0 Å². The number of carbonyl (C=O) groups is 4. The van der Waals surface area contributed by atoms with Crippen LogP contribution < -0.4 is 15.2 Å². The van der Waals surface area contributed by atoms with Crippen molar-refractivity contribution in [1.29, 1.82) is 0 Å². The van der Waals surface area contributed by atoms with Crippen molar-refractivity contribution in [2.24, 2.45) is 16.6 Å². The fourth-order valence-corrected chi connectivity index (χ4v) is 3.55. The van der Waals surface area contributed by atoms with Gasteiger partial charge in [-0.15, -0.1) is 0 Å². The fraction of sp³-hybridized carbons (Fsp3) is 0.667. The molecule has 0 saturated carbocycles. The molecule has 0 fully saturated rings. The van der Waals surface area contributed by atoms with Gasteiger partial charge in [0.25, 0.3) is 0 Å². The number of methoxy groups -OCH3 is 1. The van der Waals surface area contributed by atoms with Gasteiger partial charge in [-0.25, -0.2) is 0 Å². The molecule has 0 aliphatic rings. The molecule has 0 saturated heterocycles. The Kier molecular flexibility index (Phi) is 12.6. The molecule has 2 N–H and O–H groups in total. The summed E-state index contributed by atoms with van der Waals surface area (Å²) in [6.45, 7) is 14.5. The molecule has 1 aromatic carbocycles. The van der Waals surface area contributed by atoms with Crippen LogP contribution in [-0.2, 0) is 35.1 Å². The fourth-order valence-electron chi connectivity index (χ4n) is 3.55. The van der Waals surface area contributed by atoms with Gasteiger partial charge in [0.05, 0.1) is 17.9 Å². The van der Waals surface area contributed by atoms with Gasteiger partial charge >= 0.3 is 23.9 Å². The molecule has 220 valence electrons. The van der Waals surface area contributed by atoms with Crippen LogP contribution in [0.2, 0.25) is 0 Å².